The summed E-state index contributed by atoms with van der Waals surface area (Å²) in [4.78, 5) is 0. The first-order chi connectivity index (χ1) is 8.90. The highest BCUT2D eigenvalue weighted by Gasteiger charge is 2.21. The summed E-state index contributed by atoms with van der Waals surface area (Å²) in [5.41, 5.74) is 2.30. The fraction of sp³-hybridized carbons (Fsp3) is 0.400. The SMILES string of the molecule is COc1ccccc1-c1ccnn1C1CCCC1. The van der Waals surface area contributed by atoms with Gasteiger partial charge in [0.2, 0.25) is 0 Å². The molecular weight excluding hydrogens is 224 g/mol. The average Bonchev–Trinajstić information content (AvgIpc) is 3.09. The fourth-order valence-electron chi connectivity index (χ4n) is 2.82. The Morgan fingerprint density at radius 1 is 1.17 bits per heavy atom. The molecule has 0 saturated heterocycles. The molecule has 18 heavy (non-hydrogen) atoms. The lowest BCUT2D eigenvalue weighted by molar-refractivity contribution is 0.414. The molecule has 0 unspecified atom stereocenters. The number of ether oxygens (including phenoxy) is 1. The van der Waals surface area contributed by atoms with Crippen molar-refractivity contribution >= 4 is 0 Å². The van der Waals surface area contributed by atoms with Crippen molar-refractivity contribution in [3.8, 4) is 17.0 Å². The van der Waals surface area contributed by atoms with E-state index >= 15 is 0 Å². The van der Waals surface area contributed by atoms with Gasteiger partial charge in [0.25, 0.3) is 0 Å². The van der Waals surface area contributed by atoms with E-state index in [0.717, 1.165) is 11.3 Å². The molecule has 1 aliphatic carbocycles. The largest absolute Gasteiger partial charge is 0.496 e. The molecule has 3 nitrogen and oxygen atoms in total. The van der Waals surface area contributed by atoms with Crippen LogP contribution in [0.4, 0.5) is 0 Å². The van der Waals surface area contributed by atoms with E-state index in [1.165, 1.54) is 31.4 Å². The van der Waals surface area contributed by atoms with Crippen LogP contribution in [0.3, 0.4) is 0 Å². The van der Waals surface area contributed by atoms with Gasteiger partial charge in [-0.15, -0.1) is 0 Å². The van der Waals surface area contributed by atoms with Crippen LogP contribution in [-0.4, -0.2) is 16.9 Å². The first kappa shape index (κ1) is 11.3. The maximum Gasteiger partial charge on any atom is 0.128 e. The number of methoxy groups -OCH3 is 1. The van der Waals surface area contributed by atoms with Crippen LogP contribution in [0.2, 0.25) is 0 Å². The number of aromatic nitrogens is 2. The van der Waals surface area contributed by atoms with Gasteiger partial charge in [0.05, 0.1) is 18.8 Å². The highest BCUT2D eigenvalue weighted by molar-refractivity contribution is 5.67. The molecule has 1 heterocycles. The van der Waals surface area contributed by atoms with Crippen LogP contribution < -0.4 is 4.74 Å². The van der Waals surface area contributed by atoms with Crippen molar-refractivity contribution < 1.29 is 4.74 Å². The third-order valence-electron chi connectivity index (χ3n) is 3.72. The van der Waals surface area contributed by atoms with Crippen LogP contribution >= 0.6 is 0 Å². The summed E-state index contributed by atoms with van der Waals surface area (Å²) >= 11 is 0. The number of hydrogen-bond donors (Lipinski definition) is 0. The van der Waals surface area contributed by atoms with Crippen LogP contribution in [0.1, 0.15) is 31.7 Å². The first-order valence-corrected chi connectivity index (χ1v) is 6.57. The zero-order valence-electron chi connectivity index (χ0n) is 10.7. The second-order valence-electron chi connectivity index (χ2n) is 4.80. The van der Waals surface area contributed by atoms with Crippen molar-refractivity contribution in [2.24, 2.45) is 0 Å². The van der Waals surface area contributed by atoms with Gasteiger partial charge in [-0.25, -0.2) is 0 Å². The average molecular weight is 242 g/mol. The molecule has 0 amide bonds. The van der Waals surface area contributed by atoms with E-state index in [2.05, 4.69) is 21.9 Å². The third kappa shape index (κ3) is 1.90. The molecule has 0 N–H and O–H groups in total. The van der Waals surface area contributed by atoms with Crippen molar-refractivity contribution in [1.29, 1.82) is 0 Å². The predicted octanol–water partition coefficient (Wildman–Crippen LogP) is 3.67. The molecule has 2 aromatic rings. The summed E-state index contributed by atoms with van der Waals surface area (Å²) in [5.74, 6) is 0.914. The van der Waals surface area contributed by atoms with Crippen molar-refractivity contribution in [3.05, 3.63) is 36.5 Å². The molecule has 1 aromatic heterocycles. The summed E-state index contributed by atoms with van der Waals surface area (Å²) < 4.78 is 7.62. The Hall–Kier alpha value is -1.77. The number of rotatable bonds is 3. The minimum atomic E-state index is 0.555. The Labute approximate surface area is 107 Å². The minimum Gasteiger partial charge on any atom is -0.496 e. The summed E-state index contributed by atoms with van der Waals surface area (Å²) in [6, 6.07) is 10.8. The summed E-state index contributed by atoms with van der Waals surface area (Å²) in [6.45, 7) is 0. The highest BCUT2D eigenvalue weighted by atomic mass is 16.5. The van der Waals surface area contributed by atoms with Crippen LogP contribution in [0, 0.1) is 0 Å². The number of nitrogens with zero attached hydrogens (tertiary/aromatic N) is 2. The molecule has 1 aliphatic rings. The Morgan fingerprint density at radius 3 is 2.72 bits per heavy atom. The van der Waals surface area contributed by atoms with E-state index in [-0.39, 0.29) is 0 Å². The lowest BCUT2D eigenvalue weighted by Gasteiger charge is -2.15. The molecule has 3 heteroatoms. The van der Waals surface area contributed by atoms with Gasteiger partial charge in [-0.1, -0.05) is 25.0 Å². The Kier molecular flexibility index (Phi) is 3.05. The molecule has 0 spiro atoms. The van der Waals surface area contributed by atoms with Crippen molar-refractivity contribution in [1.82, 2.24) is 9.78 Å². The van der Waals surface area contributed by atoms with E-state index in [1.807, 2.05) is 24.4 Å². The molecule has 0 aliphatic heterocycles. The lowest BCUT2D eigenvalue weighted by Crippen LogP contribution is -2.08. The van der Waals surface area contributed by atoms with Crippen LogP contribution in [-0.2, 0) is 0 Å². The van der Waals surface area contributed by atoms with Gasteiger partial charge >= 0.3 is 0 Å². The normalized spacial score (nSPS) is 16.1. The lowest BCUT2D eigenvalue weighted by atomic mass is 10.1. The van der Waals surface area contributed by atoms with Crippen LogP contribution in [0.15, 0.2) is 36.5 Å². The maximum absolute atomic E-state index is 5.45. The summed E-state index contributed by atoms with van der Waals surface area (Å²) in [5, 5.41) is 4.51. The topological polar surface area (TPSA) is 27.1 Å². The Morgan fingerprint density at radius 2 is 1.94 bits per heavy atom. The van der Waals surface area contributed by atoms with E-state index in [0.29, 0.717) is 6.04 Å². The number of para-hydroxylation sites is 1. The quantitative estimate of drug-likeness (QED) is 0.821. The van der Waals surface area contributed by atoms with Gasteiger partial charge in [-0.2, -0.15) is 5.10 Å². The number of hydrogen-bond acceptors (Lipinski definition) is 2. The highest BCUT2D eigenvalue weighted by Crippen LogP contribution is 2.35. The monoisotopic (exact) mass is 242 g/mol. The molecule has 1 fully saturated rings. The smallest absolute Gasteiger partial charge is 0.128 e. The van der Waals surface area contributed by atoms with E-state index in [9.17, 15) is 0 Å². The zero-order valence-corrected chi connectivity index (χ0v) is 10.7. The van der Waals surface area contributed by atoms with Gasteiger partial charge in [0.1, 0.15) is 5.75 Å². The van der Waals surface area contributed by atoms with Crippen LogP contribution in [0.25, 0.3) is 11.3 Å². The Bertz CT molecular complexity index is 527. The van der Waals surface area contributed by atoms with Gasteiger partial charge in [-0.05, 0) is 31.0 Å². The van der Waals surface area contributed by atoms with Crippen molar-refractivity contribution in [2.75, 3.05) is 7.11 Å². The molecule has 0 atom stereocenters. The molecular formula is C15H18N2O. The molecule has 0 bridgehead atoms. The fourth-order valence-corrected chi connectivity index (χ4v) is 2.82. The third-order valence-corrected chi connectivity index (χ3v) is 3.72. The molecule has 94 valence electrons. The second-order valence-corrected chi connectivity index (χ2v) is 4.80. The molecule has 0 radical (unpaired) electrons. The molecule has 1 saturated carbocycles. The van der Waals surface area contributed by atoms with Crippen LogP contribution in [0.5, 0.6) is 5.75 Å². The molecule has 1 aromatic carbocycles. The Balaban J connectivity index is 2.03. The van der Waals surface area contributed by atoms with E-state index in [4.69, 9.17) is 4.74 Å². The number of benzene rings is 1. The standard InChI is InChI=1S/C15H18N2O/c1-18-15-9-5-4-8-13(15)14-10-11-16-17(14)12-6-2-3-7-12/h4-5,8-12H,2-3,6-7H2,1H3. The van der Waals surface area contributed by atoms with Gasteiger partial charge in [-0.3, -0.25) is 4.68 Å². The zero-order chi connectivity index (χ0) is 12.4. The second kappa shape index (κ2) is 4.84. The van der Waals surface area contributed by atoms with Crippen molar-refractivity contribution in [2.45, 2.75) is 31.7 Å². The van der Waals surface area contributed by atoms with Crippen molar-refractivity contribution in [3.63, 3.8) is 0 Å². The summed E-state index contributed by atoms with van der Waals surface area (Å²) in [7, 11) is 1.72. The minimum absolute atomic E-state index is 0.555. The first-order valence-electron chi connectivity index (χ1n) is 6.57. The predicted molar refractivity (Wildman–Crippen MR) is 71.7 cm³/mol. The van der Waals surface area contributed by atoms with Gasteiger partial charge < -0.3 is 4.74 Å². The van der Waals surface area contributed by atoms with Gasteiger partial charge in [0.15, 0.2) is 0 Å². The van der Waals surface area contributed by atoms with E-state index < -0.39 is 0 Å². The van der Waals surface area contributed by atoms with E-state index in [1.54, 1.807) is 7.11 Å². The van der Waals surface area contributed by atoms with Gasteiger partial charge in [0, 0.05) is 11.8 Å². The summed E-state index contributed by atoms with van der Waals surface area (Å²) in [6.07, 6.45) is 7.00. The molecule has 3 rings (SSSR count). The maximum atomic E-state index is 5.45.